The fourth-order valence-corrected chi connectivity index (χ4v) is 2.71. The lowest BCUT2D eigenvalue weighted by atomic mass is 9.97. The summed E-state index contributed by atoms with van der Waals surface area (Å²) in [5.74, 6) is 0.574. The first kappa shape index (κ1) is 13.1. The lowest BCUT2D eigenvalue weighted by Gasteiger charge is -2.34. The third kappa shape index (κ3) is 2.91. The van der Waals surface area contributed by atoms with Crippen LogP contribution in [0.15, 0.2) is 18.2 Å². The molecule has 0 aromatic heterocycles. The molecule has 1 unspecified atom stereocenters. The molecule has 0 aliphatic carbocycles. The molecular formula is C15H21NO2. The van der Waals surface area contributed by atoms with Crippen molar-refractivity contribution in [2.24, 2.45) is 5.92 Å². The zero-order valence-electron chi connectivity index (χ0n) is 11.2. The molecule has 0 radical (unpaired) electrons. The van der Waals surface area contributed by atoms with E-state index in [2.05, 4.69) is 17.0 Å². The quantitative estimate of drug-likeness (QED) is 0.766. The van der Waals surface area contributed by atoms with Gasteiger partial charge in [-0.2, -0.15) is 0 Å². The molecule has 3 heteroatoms. The van der Waals surface area contributed by atoms with Crippen LogP contribution in [0.3, 0.4) is 0 Å². The third-order valence-corrected chi connectivity index (χ3v) is 3.57. The highest BCUT2D eigenvalue weighted by molar-refractivity contribution is 5.85. The maximum Gasteiger partial charge on any atom is 0.152 e. The number of hydrogen-bond acceptors (Lipinski definition) is 3. The van der Waals surface area contributed by atoms with E-state index >= 15 is 0 Å². The van der Waals surface area contributed by atoms with Crippen molar-refractivity contribution in [3.8, 4) is 0 Å². The van der Waals surface area contributed by atoms with Crippen molar-refractivity contribution in [2.75, 3.05) is 31.7 Å². The van der Waals surface area contributed by atoms with E-state index in [1.165, 1.54) is 12.8 Å². The highest BCUT2D eigenvalue weighted by atomic mass is 16.5. The number of nitrogens with zero attached hydrogens (tertiary/aromatic N) is 1. The van der Waals surface area contributed by atoms with Gasteiger partial charge in [0.15, 0.2) is 6.29 Å². The van der Waals surface area contributed by atoms with Crippen molar-refractivity contribution in [3.05, 3.63) is 29.3 Å². The summed E-state index contributed by atoms with van der Waals surface area (Å²) in [5.41, 5.74) is 3.00. The predicted molar refractivity (Wildman–Crippen MR) is 73.4 cm³/mol. The second-order valence-electron chi connectivity index (χ2n) is 5.09. The van der Waals surface area contributed by atoms with Crippen molar-refractivity contribution >= 4 is 12.0 Å². The number of benzene rings is 1. The maximum absolute atomic E-state index is 11.2. The van der Waals surface area contributed by atoms with Crippen LogP contribution in [0.4, 0.5) is 5.69 Å². The predicted octanol–water partition coefficient (Wildman–Crippen LogP) is 2.67. The molecule has 98 valence electrons. The lowest BCUT2D eigenvalue weighted by molar-refractivity contribution is 0.112. The molecule has 0 saturated carbocycles. The molecule has 0 N–H and O–H groups in total. The van der Waals surface area contributed by atoms with Crippen LogP contribution < -0.4 is 4.90 Å². The second-order valence-corrected chi connectivity index (χ2v) is 5.09. The summed E-state index contributed by atoms with van der Waals surface area (Å²) in [5, 5.41) is 0. The van der Waals surface area contributed by atoms with Crippen LogP contribution in [0.25, 0.3) is 0 Å². The summed E-state index contributed by atoms with van der Waals surface area (Å²) >= 11 is 0. The molecule has 1 atom stereocenters. The van der Waals surface area contributed by atoms with Gasteiger partial charge in [0.05, 0.1) is 6.61 Å². The summed E-state index contributed by atoms with van der Waals surface area (Å²) in [6.45, 7) is 4.83. The molecule has 0 amide bonds. The molecule has 0 bridgehead atoms. The lowest BCUT2D eigenvalue weighted by Crippen LogP contribution is -2.37. The van der Waals surface area contributed by atoms with Crippen LogP contribution in [0.2, 0.25) is 0 Å². The van der Waals surface area contributed by atoms with Gasteiger partial charge in [-0.3, -0.25) is 4.79 Å². The Bertz CT molecular complexity index is 415. The highest BCUT2D eigenvalue weighted by Gasteiger charge is 2.21. The fourth-order valence-electron chi connectivity index (χ4n) is 2.71. The molecule has 1 heterocycles. The molecule has 1 aromatic carbocycles. The van der Waals surface area contributed by atoms with Gasteiger partial charge in [0.2, 0.25) is 0 Å². The monoisotopic (exact) mass is 247 g/mol. The molecule has 1 aliphatic rings. The first-order valence-electron chi connectivity index (χ1n) is 6.54. The van der Waals surface area contributed by atoms with Gasteiger partial charge < -0.3 is 9.64 Å². The zero-order valence-corrected chi connectivity index (χ0v) is 11.2. The minimum atomic E-state index is 0.574. The van der Waals surface area contributed by atoms with E-state index in [1.807, 2.05) is 13.0 Å². The van der Waals surface area contributed by atoms with Gasteiger partial charge in [0.1, 0.15) is 0 Å². The molecule has 18 heavy (non-hydrogen) atoms. The third-order valence-electron chi connectivity index (χ3n) is 3.57. The Morgan fingerprint density at radius 2 is 2.33 bits per heavy atom. The summed E-state index contributed by atoms with van der Waals surface area (Å²) < 4.78 is 5.24. The van der Waals surface area contributed by atoms with Crippen LogP contribution in [0, 0.1) is 12.8 Å². The number of carbonyl (C=O) groups excluding carboxylic acids is 1. The first-order chi connectivity index (χ1) is 8.74. The zero-order chi connectivity index (χ0) is 13.0. The van der Waals surface area contributed by atoms with E-state index in [0.717, 1.165) is 42.8 Å². The largest absolute Gasteiger partial charge is 0.384 e. The number of aryl methyl sites for hydroxylation is 1. The molecule has 1 fully saturated rings. The van der Waals surface area contributed by atoms with E-state index in [4.69, 9.17) is 4.74 Å². The van der Waals surface area contributed by atoms with Crippen molar-refractivity contribution < 1.29 is 9.53 Å². The van der Waals surface area contributed by atoms with Crippen molar-refractivity contribution in [1.29, 1.82) is 0 Å². The molecule has 0 spiro atoms. The highest BCUT2D eigenvalue weighted by Crippen LogP contribution is 2.26. The molecule has 1 aliphatic heterocycles. The Balaban J connectivity index is 2.17. The number of rotatable bonds is 4. The Kier molecular flexibility index (Phi) is 4.37. The summed E-state index contributed by atoms with van der Waals surface area (Å²) in [7, 11) is 1.75. The van der Waals surface area contributed by atoms with E-state index < -0.39 is 0 Å². The SMILES string of the molecule is COCC1CCCN(c2ccc(C)cc2C=O)C1. The average Bonchev–Trinajstić information content (AvgIpc) is 2.39. The van der Waals surface area contributed by atoms with E-state index in [-0.39, 0.29) is 0 Å². The van der Waals surface area contributed by atoms with Gasteiger partial charge in [0.25, 0.3) is 0 Å². The molecule has 1 saturated heterocycles. The van der Waals surface area contributed by atoms with Gasteiger partial charge in [-0.05, 0) is 37.8 Å². The Morgan fingerprint density at radius 1 is 1.50 bits per heavy atom. The summed E-state index contributed by atoms with van der Waals surface area (Å²) in [4.78, 5) is 13.5. The van der Waals surface area contributed by atoms with E-state index in [0.29, 0.717) is 5.92 Å². The van der Waals surface area contributed by atoms with Crippen LogP contribution >= 0.6 is 0 Å². The van der Waals surface area contributed by atoms with E-state index in [1.54, 1.807) is 7.11 Å². The van der Waals surface area contributed by atoms with Gasteiger partial charge >= 0.3 is 0 Å². The molecule has 1 aromatic rings. The molecule has 2 rings (SSSR count). The van der Waals surface area contributed by atoms with Crippen LogP contribution in [-0.2, 0) is 4.74 Å². The van der Waals surface area contributed by atoms with Gasteiger partial charge in [-0.25, -0.2) is 0 Å². The van der Waals surface area contributed by atoms with Crippen molar-refractivity contribution in [2.45, 2.75) is 19.8 Å². The van der Waals surface area contributed by atoms with Gasteiger partial charge in [0, 0.05) is 31.5 Å². The Labute approximate surface area is 109 Å². The van der Waals surface area contributed by atoms with E-state index in [9.17, 15) is 4.79 Å². The number of aldehydes is 1. The van der Waals surface area contributed by atoms with Crippen molar-refractivity contribution in [3.63, 3.8) is 0 Å². The normalized spacial score (nSPS) is 19.9. The first-order valence-corrected chi connectivity index (χ1v) is 6.54. The second kappa shape index (κ2) is 6.01. The Hall–Kier alpha value is -1.35. The molecule has 3 nitrogen and oxygen atoms in total. The molecular weight excluding hydrogens is 226 g/mol. The van der Waals surface area contributed by atoms with Crippen LogP contribution in [0.5, 0.6) is 0 Å². The number of methoxy groups -OCH3 is 1. The fraction of sp³-hybridized carbons (Fsp3) is 0.533. The minimum absolute atomic E-state index is 0.574. The van der Waals surface area contributed by atoms with Crippen LogP contribution in [-0.4, -0.2) is 33.1 Å². The smallest absolute Gasteiger partial charge is 0.152 e. The number of piperidine rings is 1. The summed E-state index contributed by atoms with van der Waals surface area (Å²) in [6, 6.07) is 6.10. The van der Waals surface area contributed by atoms with Crippen LogP contribution in [0.1, 0.15) is 28.8 Å². The Morgan fingerprint density at radius 3 is 3.06 bits per heavy atom. The maximum atomic E-state index is 11.2. The number of hydrogen-bond donors (Lipinski definition) is 0. The standard InChI is InChI=1S/C15H21NO2/c1-12-5-6-15(14(8-12)10-17)16-7-3-4-13(9-16)11-18-2/h5-6,8,10,13H,3-4,7,9,11H2,1-2H3. The minimum Gasteiger partial charge on any atom is -0.384 e. The van der Waals surface area contributed by atoms with Gasteiger partial charge in [-0.1, -0.05) is 11.6 Å². The number of carbonyl (C=O) groups is 1. The van der Waals surface area contributed by atoms with Gasteiger partial charge in [-0.15, -0.1) is 0 Å². The summed E-state index contributed by atoms with van der Waals surface area (Å²) in [6.07, 6.45) is 3.34. The average molecular weight is 247 g/mol. The topological polar surface area (TPSA) is 29.5 Å². The van der Waals surface area contributed by atoms with Crippen molar-refractivity contribution in [1.82, 2.24) is 0 Å². The number of ether oxygens (including phenoxy) is 1. The number of anilines is 1.